The maximum atomic E-state index is 11.3. The molecule has 2 aromatic rings. The molecule has 1 atom stereocenters. The molecule has 8 heteroatoms. The minimum absolute atomic E-state index is 0.0728. The molecule has 0 aliphatic carbocycles. The van der Waals surface area contributed by atoms with Crippen molar-refractivity contribution < 1.29 is 4.79 Å². The van der Waals surface area contributed by atoms with Crippen LogP contribution in [0.5, 0.6) is 0 Å². The lowest BCUT2D eigenvalue weighted by molar-refractivity contribution is -0.123. The number of primary amides is 1. The van der Waals surface area contributed by atoms with Crippen LogP contribution in [0.15, 0.2) is 11.4 Å². The first-order valence-electron chi connectivity index (χ1n) is 6.90. The van der Waals surface area contributed by atoms with E-state index in [1.807, 2.05) is 11.4 Å². The van der Waals surface area contributed by atoms with Crippen LogP contribution in [-0.2, 0) is 11.3 Å². The van der Waals surface area contributed by atoms with E-state index in [4.69, 9.17) is 11.6 Å². The monoisotopic (exact) mass is 306 g/mol. The van der Waals surface area contributed by atoms with Crippen LogP contribution < -0.4 is 17.0 Å². The number of nitrogen functional groups attached to an aromatic ring is 1. The van der Waals surface area contributed by atoms with Crippen molar-refractivity contribution >= 4 is 33.3 Å². The van der Waals surface area contributed by atoms with Gasteiger partial charge in [-0.3, -0.25) is 9.69 Å². The number of hydrogen-bond donors (Lipinski definition) is 3. The number of hydrazine groups is 1. The van der Waals surface area contributed by atoms with Gasteiger partial charge in [0.1, 0.15) is 10.7 Å². The number of piperidine rings is 1. The summed E-state index contributed by atoms with van der Waals surface area (Å²) in [6.07, 6.45) is 1.84. The van der Waals surface area contributed by atoms with Gasteiger partial charge >= 0.3 is 0 Å². The quantitative estimate of drug-likeness (QED) is 0.566. The Morgan fingerprint density at radius 1 is 1.52 bits per heavy atom. The van der Waals surface area contributed by atoms with Gasteiger partial charge in [-0.25, -0.2) is 15.8 Å². The Hall–Kier alpha value is -1.77. The maximum absolute atomic E-state index is 11.3. The largest absolute Gasteiger partial charge is 0.369 e. The topological polar surface area (TPSA) is 110 Å². The number of anilines is 1. The summed E-state index contributed by atoms with van der Waals surface area (Å²) in [5, 5.41) is 2.90. The van der Waals surface area contributed by atoms with Crippen molar-refractivity contribution in [2.75, 3.05) is 18.5 Å². The van der Waals surface area contributed by atoms with Gasteiger partial charge in [0.25, 0.3) is 0 Å². The molecule has 2 aromatic heterocycles. The van der Waals surface area contributed by atoms with E-state index >= 15 is 0 Å². The van der Waals surface area contributed by atoms with Crippen molar-refractivity contribution in [2.45, 2.75) is 19.4 Å². The number of nitrogens with one attached hydrogen (secondary N) is 1. The highest BCUT2D eigenvalue weighted by Gasteiger charge is 2.24. The lowest BCUT2D eigenvalue weighted by Gasteiger charge is -2.30. The zero-order chi connectivity index (χ0) is 14.8. The number of carbonyl (C=O) groups excluding carboxylic acids is 1. The Balaban J connectivity index is 1.79. The average Bonchev–Trinajstić information content (AvgIpc) is 2.95. The molecule has 5 N–H and O–H groups in total. The highest BCUT2D eigenvalue weighted by Crippen LogP contribution is 2.25. The maximum Gasteiger partial charge on any atom is 0.221 e. The summed E-state index contributed by atoms with van der Waals surface area (Å²) < 4.78 is 0. The molecule has 1 saturated heterocycles. The molecule has 3 heterocycles. The minimum Gasteiger partial charge on any atom is -0.369 e. The van der Waals surface area contributed by atoms with Gasteiger partial charge in [-0.1, -0.05) is 0 Å². The smallest absolute Gasteiger partial charge is 0.221 e. The summed E-state index contributed by atoms with van der Waals surface area (Å²) >= 11 is 1.56. The van der Waals surface area contributed by atoms with Crippen LogP contribution in [0.3, 0.4) is 0 Å². The van der Waals surface area contributed by atoms with Crippen LogP contribution in [0, 0.1) is 5.92 Å². The van der Waals surface area contributed by atoms with Gasteiger partial charge in [0.2, 0.25) is 5.91 Å². The third-order valence-corrected chi connectivity index (χ3v) is 4.59. The fraction of sp³-hybridized carbons (Fsp3) is 0.462. The van der Waals surface area contributed by atoms with Gasteiger partial charge < -0.3 is 11.2 Å². The Bertz CT molecular complexity index is 657. The van der Waals surface area contributed by atoms with E-state index in [0.29, 0.717) is 24.7 Å². The highest BCUT2D eigenvalue weighted by atomic mass is 32.1. The van der Waals surface area contributed by atoms with E-state index in [-0.39, 0.29) is 11.8 Å². The molecule has 21 heavy (non-hydrogen) atoms. The van der Waals surface area contributed by atoms with Gasteiger partial charge in [-0.05, 0) is 30.8 Å². The minimum atomic E-state index is -0.223. The predicted molar refractivity (Wildman–Crippen MR) is 82.4 cm³/mol. The Morgan fingerprint density at radius 2 is 2.38 bits per heavy atom. The Morgan fingerprint density at radius 3 is 3.14 bits per heavy atom. The van der Waals surface area contributed by atoms with Gasteiger partial charge in [0.05, 0.1) is 17.8 Å². The van der Waals surface area contributed by atoms with Crippen LogP contribution in [0.4, 0.5) is 5.82 Å². The fourth-order valence-electron chi connectivity index (χ4n) is 2.71. The molecule has 0 saturated carbocycles. The van der Waals surface area contributed by atoms with Crippen LogP contribution in [-0.4, -0.2) is 33.9 Å². The van der Waals surface area contributed by atoms with E-state index in [2.05, 4.69) is 20.3 Å². The highest BCUT2D eigenvalue weighted by molar-refractivity contribution is 7.16. The molecular formula is C13H18N6OS. The molecule has 0 spiro atoms. The number of rotatable bonds is 4. The summed E-state index contributed by atoms with van der Waals surface area (Å²) in [6, 6.07) is 1.95. The summed E-state index contributed by atoms with van der Waals surface area (Å²) in [5.74, 6) is 6.58. The zero-order valence-electron chi connectivity index (χ0n) is 11.6. The Labute approximate surface area is 126 Å². The number of amides is 1. The molecular weight excluding hydrogens is 288 g/mol. The number of hydrogen-bond acceptors (Lipinski definition) is 7. The first-order valence-corrected chi connectivity index (χ1v) is 7.77. The lowest BCUT2D eigenvalue weighted by Crippen LogP contribution is -2.41. The van der Waals surface area contributed by atoms with Gasteiger partial charge in [0.15, 0.2) is 5.82 Å². The molecule has 112 valence electrons. The number of likely N-dealkylation sites (tertiary alicyclic amines) is 1. The second-order valence-corrected chi connectivity index (χ2v) is 6.14. The fourth-order valence-corrected chi connectivity index (χ4v) is 3.49. The number of nitrogens with zero attached hydrogens (tertiary/aromatic N) is 3. The molecule has 1 aliphatic heterocycles. The van der Waals surface area contributed by atoms with Gasteiger partial charge in [-0.2, -0.15) is 0 Å². The molecule has 1 fully saturated rings. The lowest BCUT2D eigenvalue weighted by atomic mass is 9.97. The van der Waals surface area contributed by atoms with Crippen LogP contribution in [0.2, 0.25) is 0 Å². The number of nitrogens with two attached hydrogens (primary N) is 2. The molecule has 0 bridgehead atoms. The van der Waals surface area contributed by atoms with Crippen molar-refractivity contribution in [3.63, 3.8) is 0 Å². The zero-order valence-corrected chi connectivity index (χ0v) is 12.4. The van der Waals surface area contributed by atoms with Crippen molar-refractivity contribution in [2.24, 2.45) is 17.5 Å². The van der Waals surface area contributed by atoms with Gasteiger partial charge in [0, 0.05) is 6.54 Å². The molecule has 7 nitrogen and oxygen atoms in total. The van der Waals surface area contributed by atoms with Crippen LogP contribution in [0.25, 0.3) is 10.2 Å². The Kier molecular flexibility index (Phi) is 4.00. The number of thiophene rings is 1. The van der Waals surface area contributed by atoms with Crippen molar-refractivity contribution in [3.8, 4) is 0 Å². The number of aromatic nitrogens is 2. The second-order valence-electron chi connectivity index (χ2n) is 5.25. The number of fused-ring (bicyclic) bond motifs is 1. The van der Waals surface area contributed by atoms with Crippen LogP contribution >= 0.6 is 11.3 Å². The van der Waals surface area contributed by atoms with E-state index in [0.717, 1.165) is 29.6 Å². The van der Waals surface area contributed by atoms with E-state index < -0.39 is 0 Å². The number of carbonyl (C=O) groups is 1. The summed E-state index contributed by atoms with van der Waals surface area (Å²) in [5.41, 5.74) is 8.03. The van der Waals surface area contributed by atoms with Gasteiger partial charge in [-0.15, -0.1) is 11.3 Å². The summed E-state index contributed by atoms with van der Waals surface area (Å²) in [7, 11) is 0. The summed E-state index contributed by atoms with van der Waals surface area (Å²) in [6.45, 7) is 2.21. The predicted octanol–water partition coefficient (Wildman–Crippen LogP) is 0.674. The standard InChI is InChI=1S/C13H18N6OS/c14-11(20)8-2-1-4-19(6-8)7-10-16-12(18-15)9-3-5-21-13(9)17-10/h3,5,8H,1-2,4,6-7,15H2,(H2,14,20)(H,16,17,18). The molecule has 0 aromatic carbocycles. The van der Waals surface area contributed by atoms with E-state index in [1.165, 1.54) is 0 Å². The molecule has 1 unspecified atom stereocenters. The third kappa shape index (κ3) is 2.97. The average molecular weight is 306 g/mol. The van der Waals surface area contributed by atoms with E-state index in [9.17, 15) is 4.79 Å². The first-order chi connectivity index (χ1) is 10.2. The molecule has 1 amide bonds. The molecule has 3 rings (SSSR count). The van der Waals surface area contributed by atoms with Crippen molar-refractivity contribution in [1.29, 1.82) is 0 Å². The first kappa shape index (κ1) is 14.2. The molecule has 1 aliphatic rings. The van der Waals surface area contributed by atoms with Crippen LogP contribution in [0.1, 0.15) is 18.7 Å². The van der Waals surface area contributed by atoms with E-state index in [1.54, 1.807) is 11.3 Å². The van der Waals surface area contributed by atoms with Crippen molar-refractivity contribution in [3.05, 3.63) is 17.3 Å². The SMILES string of the molecule is NNc1nc(CN2CCCC(C(N)=O)C2)nc2sccc12. The summed E-state index contributed by atoms with van der Waals surface area (Å²) in [4.78, 5) is 23.4. The third-order valence-electron chi connectivity index (χ3n) is 3.78. The van der Waals surface area contributed by atoms with Crippen molar-refractivity contribution in [1.82, 2.24) is 14.9 Å². The normalized spacial score (nSPS) is 19.8. The molecule has 0 radical (unpaired) electrons. The second kappa shape index (κ2) is 5.92.